The van der Waals surface area contributed by atoms with E-state index in [1.165, 1.54) is 51.2 Å². The normalized spacial score (nSPS) is 23.7. The Bertz CT molecular complexity index is 586. The summed E-state index contributed by atoms with van der Waals surface area (Å²) in [6.45, 7) is 5.97. The number of hydrogen-bond acceptors (Lipinski definition) is 2. The summed E-state index contributed by atoms with van der Waals surface area (Å²) in [5.74, 6) is -1.34. The van der Waals surface area contributed by atoms with Crippen molar-refractivity contribution in [1.29, 1.82) is 0 Å². The summed E-state index contributed by atoms with van der Waals surface area (Å²) in [6, 6.07) is 2.71. The van der Waals surface area contributed by atoms with Gasteiger partial charge in [-0.3, -0.25) is 4.79 Å². The Kier molecular flexibility index (Phi) is 8.05. The summed E-state index contributed by atoms with van der Waals surface area (Å²) < 4.78 is 32.0. The maximum absolute atomic E-state index is 13.6. The fourth-order valence-corrected chi connectivity index (χ4v) is 3.70. The van der Waals surface area contributed by atoms with Gasteiger partial charge in [0.15, 0.2) is 11.6 Å². The molecule has 2 aliphatic rings. The molecule has 0 heterocycles. The molecule has 1 aromatic carbocycles. The highest BCUT2D eigenvalue weighted by molar-refractivity contribution is 5.75. The minimum absolute atomic E-state index is 0.194. The minimum Gasteiger partial charge on any atom is -0.423 e. The first-order valence-electron chi connectivity index (χ1n) is 10.0. The second-order valence-electron chi connectivity index (χ2n) is 8.13. The van der Waals surface area contributed by atoms with Gasteiger partial charge in [0.25, 0.3) is 0 Å². The van der Waals surface area contributed by atoms with Gasteiger partial charge in [0.1, 0.15) is 0 Å². The average Bonchev–Trinajstić information content (AvgIpc) is 2.64. The Morgan fingerprint density at radius 1 is 0.885 bits per heavy atom. The van der Waals surface area contributed by atoms with Crippen molar-refractivity contribution in [3.8, 4) is 5.75 Å². The van der Waals surface area contributed by atoms with Crippen LogP contribution in [0.2, 0.25) is 0 Å². The van der Waals surface area contributed by atoms with E-state index in [9.17, 15) is 13.6 Å². The lowest BCUT2D eigenvalue weighted by Crippen LogP contribution is -2.25. The highest BCUT2D eigenvalue weighted by atomic mass is 19.2. The van der Waals surface area contributed by atoms with E-state index < -0.39 is 17.6 Å². The van der Waals surface area contributed by atoms with E-state index in [1.54, 1.807) is 0 Å². The maximum atomic E-state index is 13.6. The Morgan fingerprint density at radius 2 is 1.46 bits per heavy atom. The maximum Gasteiger partial charge on any atom is 0.314 e. The number of halogens is 2. The molecule has 0 spiro atoms. The number of aryl methyl sites for hydroxylation is 1. The fourth-order valence-electron chi connectivity index (χ4n) is 3.70. The number of carbonyl (C=O) groups excluding carboxylic acids is 1. The molecule has 0 radical (unpaired) electrons. The van der Waals surface area contributed by atoms with E-state index in [1.807, 2.05) is 0 Å². The van der Waals surface area contributed by atoms with Gasteiger partial charge in [-0.25, -0.2) is 4.39 Å². The lowest BCUT2D eigenvalue weighted by Gasteiger charge is -2.24. The molecular weight excluding hydrogens is 334 g/mol. The molecular formula is C22H32F2O2. The van der Waals surface area contributed by atoms with Crippen molar-refractivity contribution in [2.45, 2.75) is 78.6 Å². The van der Waals surface area contributed by atoms with E-state index in [-0.39, 0.29) is 17.2 Å². The summed E-state index contributed by atoms with van der Waals surface area (Å²) in [4.78, 5) is 11.9. The molecule has 0 bridgehead atoms. The monoisotopic (exact) mass is 366 g/mol. The van der Waals surface area contributed by atoms with Crippen molar-refractivity contribution in [1.82, 2.24) is 0 Å². The van der Waals surface area contributed by atoms with Crippen LogP contribution < -0.4 is 4.74 Å². The zero-order chi connectivity index (χ0) is 19.1. The predicted molar refractivity (Wildman–Crippen MR) is 100 cm³/mol. The SMILES string of the molecule is CC1CCCCC1.Cc1ccc(OC(=O)C2CCC(C)CC2)c(F)c1F. The first kappa shape index (κ1) is 20.9. The van der Waals surface area contributed by atoms with Crippen LogP contribution in [-0.4, -0.2) is 5.97 Å². The van der Waals surface area contributed by atoms with Gasteiger partial charge >= 0.3 is 5.97 Å². The molecule has 146 valence electrons. The van der Waals surface area contributed by atoms with E-state index in [0.29, 0.717) is 5.92 Å². The molecule has 4 heteroatoms. The highest BCUT2D eigenvalue weighted by Crippen LogP contribution is 2.30. The second-order valence-corrected chi connectivity index (χ2v) is 8.13. The number of carbonyl (C=O) groups is 1. The molecule has 3 rings (SSSR count). The van der Waals surface area contributed by atoms with Crippen LogP contribution in [-0.2, 0) is 4.79 Å². The number of ether oxygens (including phenoxy) is 1. The Balaban J connectivity index is 0.000000290. The number of benzene rings is 1. The first-order chi connectivity index (χ1) is 12.4. The van der Waals surface area contributed by atoms with Gasteiger partial charge in [-0.15, -0.1) is 0 Å². The average molecular weight is 366 g/mol. The predicted octanol–water partition coefficient (Wildman–Crippen LogP) is 6.59. The third-order valence-corrected chi connectivity index (χ3v) is 5.69. The van der Waals surface area contributed by atoms with E-state index in [0.717, 1.165) is 31.6 Å². The van der Waals surface area contributed by atoms with Gasteiger partial charge in [0.2, 0.25) is 5.82 Å². The molecule has 0 aromatic heterocycles. The molecule has 0 aliphatic heterocycles. The Morgan fingerprint density at radius 3 is 2.00 bits per heavy atom. The molecule has 26 heavy (non-hydrogen) atoms. The van der Waals surface area contributed by atoms with Crippen molar-refractivity contribution in [2.24, 2.45) is 17.8 Å². The van der Waals surface area contributed by atoms with Gasteiger partial charge in [0.05, 0.1) is 5.92 Å². The van der Waals surface area contributed by atoms with Crippen LogP contribution in [0.1, 0.15) is 77.2 Å². The summed E-state index contributed by atoms with van der Waals surface area (Å²) in [5, 5.41) is 0. The Hall–Kier alpha value is -1.45. The van der Waals surface area contributed by atoms with Gasteiger partial charge in [-0.2, -0.15) is 4.39 Å². The summed E-state index contributed by atoms with van der Waals surface area (Å²) >= 11 is 0. The number of rotatable bonds is 2. The molecule has 0 amide bonds. The molecule has 2 fully saturated rings. The van der Waals surface area contributed by atoms with Gasteiger partial charge in [-0.1, -0.05) is 52.0 Å². The molecule has 0 saturated heterocycles. The third kappa shape index (κ3) is 6.07. The van der Waals surface area contributed by atoms with Crippen LogP contribution in [0.5, 0.6) is 5.75 Å². The van der Waals surface area contributed by atoms with Gasteiger partial charge < -0.3 is 4.74 Å². The van der Waals surface area contributed by atoms with Crippen molar-refractivity contribution < 1.29 is 18.3 Å². The van der Waals surface area contributed by atoms with Crippen LogP contribution in [0.4, 0.5) is 8.78 Å². The lowest BCUT2D eigenvalue weighted by atomic mass is 9.83. The standard InChI is InChI=1S/C15H18F2O2.C7H14/c1-9-3-6-11(7-4-9)15(18)19-12-8-5-10(2)13(16)14(12)17;1-7-5-3-2-4-6-7/h5,8-9,11H,3-4,6-7H2,1-2H3;7H,2-6H2,1H3. The van der Waals surface area contributed by atoms with Crippen molar-refractivity contribution in [2.75, 3.05) is 0 Å². The third-order valence-electron chi connectivity index (χ3n) is 5.69. The summed E-state index contributed by atoms with van der Waals surface area (Å²) in [6.07, 6.45) is 10.9. The van der Waals surface area contributed by atoms with Crippen LogP contribution in [0.15, 0.2) is 12.1 Å². The van der Waals surface area contributed by atoms with Crippen molar-refractivity contribution in [3.63, 3.8) is 0 Å². The molecule has 1 aromatic rings. The number of esters is 1. The molecule has 2 saturated carbocycles. The summed E-state index contributed by atoms with van der Waals surface area (Å²) in [5.41, 5.74) is 0.198. The van der Waals surface area contributed by atoms with E-state index >= 15 is 0 Å². The van der Waals surface area contributed by atoms with Crippen molar-refractivity contribution in [3.05, 3.63) is 29.3 Å². The molecule has 2 nitrogen and oxygen atoms in total. The topological polar surface area (TPSA) is 26.3 Å². The van der Waals surface area contributed by atoms with Crippen LogP contribution in [0, 0.1) is 36.3 Å². The second kappa shape index (κ2) is 10.0. The van der Waals surface area contributed by atoms with Gasteiger partial charge in [0, 0.05) is 0 Å². The molecule has 0 atom stereocenters. The quantitative estimate of drug-likeness (QED) is 0.436. The van der Waals surface area contributed by atoms with Crippen LogP contribution in [0.3, 0.4) is 0 Å². The summed E-state index contributed by atoms with van der Waals surface area (Å²) in [7, 11) is 0. The zero-order valence-corrected chi connectivity index (χ0v) is 16.3. The highest BCUT2D eigenvalue weighted by Gasteiger charge is 2.27. The van der Waals surface area contributed by atoms with Gasteiger partial charge in [-0.05, 0) is 56.1 Å². The fraction of sp³-hybridized carbons (Fsp3) is 0.682. The number of hydrogen-bond donors (Lipinski definition) is 0. The first-order valence-corrected chi connectivity index (χ1v) is 10.0. The van der Waals surface area contributed by atoms with Crippen molar-refractivity contribution >= 4 is 5.97 Å². The largest absolute Gasteiger partial charge is 0.423 e. The van der Waals surface area contributed by atoms with E-state index in [2.05, 4.69) is 13.8 Å². The molecule has 2 aliphatic carbocycles. The lowest BCUT2D eigenvalue weighted by molar-refractivity contribution is -0.140. The Labute approximate surface area is 156 Å². The smallest absolute Gasteiger partial charge is 0.314 e. The molecule has 0 unspecified atom stereocenters. The van der Waals surface area contributed by atoms with Crippen LogP contribution in [0.25, 0.3) is 0 Å². The molecule has 0 N–H and O–H groups in total. The van der Waals surface area contributed by atoms with Crippen LogP contribution >= 0.6 is 0 Å². The zero-order valence-electron chi connectivity index (χ0n) is 16.3. The van der Waals surface area contributed by atoms with E-state index in [4.69, 9.17) is 4.74 Å². The minimum atomic E-state index is -1.09.